The van der Waals surface area contributed by atoms with E-state index in [2.05, 4.69) is 6.07 Å². The maximum Gasteiger partial charge on any atom is 0.286 e. The number of rotatable bonds is 2. The van der Waals surface area contributed by atoms with Gasteiger partial charge in [-0.25, -0.2) is 0 Å². The molecule has 102 valence electrons. The van der Waals surface area contributed by atoms with Crippen molar-refractivity contribution in [1.29, 1.82) is 5.26 Å². The van der Waals surface area contributed by atoms with Crippen LogP contribution in [-0.2, 0) is 0 Å². The van der Waals surface area contributed by atoms with Crippen molar-refractivity contribution in [3.63, 3.8) is 0 Å². The van der Waals surface area contributed by atoms with Gasteiger partial charge in [-0.05, 0) is 29.3 Å². The fraction of sp³-hybridized carbons (Fsp3) is 0. The molecule has 1 amide bonds. The fourth-order valence-corrected chi connectivity index (χ4v) is 2.30. The van der Waals surface area contributed by atoms with Crippen LogP contribution in [0.3, 0.4) is 0 Å². The molecule has 21 heavy (non-hydrogen) atoms. The minimum absolute atomic E-state index is 0.0456. The number of benzene rings is 2. The molecule has 0 atom stereocenters. The lowest BCUT2D eigenvalue weighted by molar-refractivity contribution is 0.0977. The molecule has 0 saturated carbocycles. The Kier molecular flexibility index (Phi) is 2.85. The normalized spacial score (nSPS) is 10.4. The summed E-state index contributed by atoms with van der Waals surface area (Å²) in [6.07, 6.45) is 0. The molecular formula is C16H11N3O2. The Labute approximate surface area is 120 Å². The second kappa shape index (κ2) is 4.69. The molecule has 1 aromatic heterocycles. The van der Waals surface area contributed by atoms with E-state index in [4.69, 9.17) is 15.9 Å². The SMILES string of the molecule is N#Cc1ccccc1-c1ccc2oc(C(N)=O)c(N)c2c1. The quantitative estimate of drug-likeness (QED) is 0.750. The Morgan fingerprint density at radius 2 is 1.95 bits per heavy atom. The third kappa shape index (κ3) is 1.99. The van der Waals surface area contributed by atoms with E-state index in [1.807, 2.05) is 18.2 Å². The van der Waals surface area contributed by atoms with E-state index in [1.165, 1.54) is 0 Å². The zero-order valence-electron chi connectivity index (χ0n) is 11.0. The van der Waals surface area contributed by atoms with Crippen molar-refractivity contribution in [2.75, 3.05) is 5.73 Å². The minimum atomic E-state index is -0.706. The molecule has 4 N–H and O–H groups in total. The molecule has 0 aliphatic heterocycles. The van der Waals surface area contributed by atoms with Gasteiger partial charge >= 0.3 is 0 Å². The molecule has 2 aromatic carbocycles. The highest BCUT2D eigenvalue weighted by Crippen LogP contribution is 2.33. The molecule has 0 radical (unpaired) electrons. The Morgan fingerprint density at radius 1 is 1.19 bits per heavy atom. The number of nitrogen functional groups attached to an aromatic ring is 1. The Balaban J connectivity index is 2.24. The molecule has 0 spiro atoms. The van der Waals surface area contributed by atoms with Crippen LogP contribution in [0.2, 0.25) is 0 Å². The Morgan fingerprint density at radius 3 is 2.67 bits per heavy atom. The van der Waals surface area contributed by atoms with Crippen LogP contribution >= 0.6 is 0 Å². The topological polar surface area (TPSA) is 106 Å². The number of hydrogen-bond acceptors (Lipinski definition) is 4. The predicted octanol–water partition coefficient (Wildman–Crippen LogP) is 2.65. The van der Waals surface area contributed by atoms with Gasteiger partial charge < -0.3 is 15.9 Å². The zero-order chi connectivity index (χ0) is 15.0. The Hall–Kier alpha value is -3.26. The first-order chi connectivity index (χ1) is 10.1. The number of carbonyl (C=O) groups excluding carboxylic acids is 1. The van der Waals surface area contributed by atoms with Gasteiger partial charge in [-0.2, -0.15) is 5.26 Å². The summed E-state index contributed by atoms with van der Waals surface area (Å²) in [4.78, 5) is 11.3. The number of primary amides is 1. The lowest BCUT2D eigenvalue weighted by atomic mass is 9.99. The van der Waals surface area contributed by atoms with Crippen LogP contribution in [0, 0.1) is 11.3 Å². The van der Waals surface area contributed by atoms with Gasteiger partial charge in [0, 0.05) is 5.39 Å². The number of hydrogen-bond donors (Lipinski definition) is 2. The zero-order valence-corrected chi connectivity index (χ0v) is 11.0. The molecular weight excluding hydrogens is 266 g/mol. The van der Waals surface area contributed by atoms with Gasteiger partial charge in [0.15, 0.2) is 0 Å². The standard InChI is InChI=1S/C16H11N3O2/c17-8-10-3-1-2-4-11(10)9-5-6-13-12(7-9)14(18)15(21-13)16(19)20/h1-7H,18H2,(H2,19,20). The smallest absolute Gasteiger partial charge is 0.286 e. The highest BCUT2D eigenvalue weighted by Gasteiger charge is 2.16. The van der Waals surface area contributed by atoms with Gasteiger partial charge in [-0.1, -0.05) is 24.3 Å². The van der Waals surface area contributed by atoms with E-state index in [1.54, 1.807) is 24.3 Å². The van der Waals surface area contributed by atoms with E-state index < -0.39 is 5.91 Å². The van der Waals surface area contributed by atoms with Gasteiger partial charge in [0.1, 0.15) is 5.58 Å². The second-order valence-electron chi connectivity index (χ2n) is 4.58. The van der Waals surface area contributed by atoms with Crippen molar-refractivity contribution in [1.82, 2.24) is 0 Å². The number of nitriles is 1. The highest BCUT2D eigenvalue weighted by molar-refractivity contribution is 6.05. The van der Waals surface area contributed by atoms with Gasteiger partial charge in [0.05, 0.1) is 17.3 Å². The summed E-state index contributed by atoms with van der Waals surface area (Å²) < 4.78 is 5.34. The van der Waals surface area contributed by atoms with Crippen molar-refractivity contribution >= 4 is 22.6 Å². The summed E-state index contributed by atoms with van der Waals surface area (Å²) in [6, 6.07) is 14.7. The summed E-state index contributed by atoms with van der Waals surface area (Å²) in [5, 5.41) is 9.78. The number of furan rings is 1. The van der Waals surface area contributed by atoms with Crippen LogP contribution in [-0.4, -0.2) is 5.91 Å². The van der Waals surface area contributed by atoms with Crippen molar-refractivity contribution in [3.8, 4) is 17.2 Å². The number of anilines is 1. The van der Waals surface area contributed by atoms with E-state index in [9.17, 15) is 10.1 Å². The molecule has 3 rings (SSSR count). The van der Waals surface area contributed by atoms with Crippen LogP contribution in [0.15, 0.2) is 46.9 Å². The molecule has 3 aromatic rings. The Bertz CT molecular complexity index is 904. The first-order valence-electron chi connectivity index (χ1n) is 6.23. The van der Waals surface area contributed by atoms with E-state index in [-0.39, 0.29) is 11.4 Å². The molecule has 5 heteroatoms. The predicted molar refractivity (Wildman–Crippen MR) is 79.3 cm³/mol. The molecule has 0 saturated heterocycles. The third-order valence-corrected chi connectivity index (χ3v) is 3.31. The maximum atomic E-state index is 11.3. The largest absolute Gasteiger partial charge is 0.449 e. The van der Waals surface area contributed by atoms with Gasteiger partial charge in [-0.15, -0.1) is 0 Å². The first kappa shape index (κ1) is 12.8. The first-order valence-corrected chi connectivity index (χ1v) is 6.23. The van der Waals surface area contributed by atoms with Crippen molar-refractivity contribution in [2.45, 2.75) is 0 Å². The second-order valence-corrected chi connectivity index (χ2v) is 4.58. The van der Waals surface area contributed by atoms with Crippen LogP contribution in [0.25, 0.3) is 22.1 Å². The van der Waals surface area contributed by atoms with Gasteiger partial charge in [0.2, 0.25) is 5.76 Å². The van der Waals surface area contributed by atoms with Crippen molar-refractivity contribution in [2.24, 2.45) is 5.73 Å². The van der Waals surface area contributed by atoms with Crippen LogP contribution in [0.5, 0.6) is 0 Å². The molecule has 0 bridgehead atoms. The average molecular weight is 277 g/mol. The summed E-state index contributed by atoms with van der Waals surface area (Å²) in [5.41, 5.74) is 14.0. The van der Waals surface area contributed by atoms with E-state index in [0.717, 1.165) is 11.1 Å². The summed E-state index contributed by atoms with van der Waals surface area (Å²) in [6.45, 7) is 0. The molecule has 0 aliphatic carbocycles. The third-order valence-electron chi connectivity index (χ3n) is 3.31. The lowest BCUT2D eigenvalue weighted by Crippen LogP contribution is -2.11. The summed E-state index contributed by atoms with van der Waals surface area (Å²) >= 11 is 0. The number of nitrogens with two attached hydrogens (primary N) is 2. The molecule has 0 aliphatic rings. The van der Waals surface area contributed by atoms with Crippen LogP contribution in [0.4, 0.5) is 5.69 Å². The molecule has 0 fully saturated rings. The minimum Gasteiger partial charge on any atom is -0.449 e. The van der Waals surface area contributed by atoms with E-state index in [0.29, 0.717) is 16.5 Å². The lowest BCUT2D eigenvalue weighted by Gasteiger charge is -2.04. The number of nitrogens with zero attached hydrogens (tertiary/aromatic N) is 1. The van der Waals surface area contributed by atoms with Crippen LogP contribution < -0.4 is 11.5 Å². The highest BCUT2D eigenvalue weighted by atomic mass is 16.3. The monoisotopic (exact) mass is 277 g/mol. The molecule has 5 nitrogen and oxygen atoms in total. The van der Waals surface area contributed by atoms with Gasteiger partial charge in [-0.3, -0.25) is 4.79 Å². The average Bonchev–Trinajstić information content (AvgIpc) is 2.84. The number of amides is 1. The van der Waals surface area contributed by atoms with Crippen LogP contribution in [0.1, 0.15) is 16.1 Å². The van der Waals surface area contributed by atoms with Crippen molar-refractivity contribution < 1.29 is 9.21 Å². The number of carbonyl (C=O) groups is 1. The van der Waals surface area contributed by atoms with E-state index >= 15 is 0 Å². The number of fused-ring (bicyclic) bond motifs is 1. The molecule has 0 unspecified atom stereocenters. The van der Waals surface area contributed by atoms with Crippen molar-refractivity contribution in [3.05, 3.63) is 53.8 Å². The summed E-state index contributed by atoms with van der Waals surface area (Å²) in [5.74, 6) is -0.751. The maximum absolute atomic E-state index is 11.3. The molecule has 1 heterocycles. The fourth-order valence-electron chi connectivity index (χ4n) is 2.30. The summed E-state index contributed by atoms with van der Waals surface area (Å²) in [7, 11) is 0. The van der Waals surface area contributed by atoms with Gasteiger partial charge in [0.25, 0.3) is 5.91 Å².